The van der Waals surface area contributed by atoms with Crippen molar-refractivity contribution in [2.45, 2.75) is 0 Å². The Morgan fingerprint density at radius 3 is 2.82 bits per heavy atom. The predicted molar refractivity (Wildman–Crippen MR) is 68.6 cm³/mol. The number of benzene rings is 1. The van der Waals surface area contributed by atoms with Crippen LogP contribution in [0.3, 0.4) is 0 Å². The second kappa shape index (κ2) is 4.80. The monoisotopic (exact) mass is 289 g/mol. The van der Waals surface area contributed by atoms with E-state index in [4.69, 9.17) is 11.0 Å². The molecule has 0 saturated carbocycles. The SMILES string of the molecule is N#Cc1ccccc1Nc1ncnc(N)c1Br. The highest BCUT2D eigenvalue weighted by molar-refractivity contribution is 9.10. The van der Waals surface area contributed by atoms with Crippen LogP contribution in [0.2, 0.25) is 0 Å². The summed E-state index contributed by atoms with van der Waals surface area (Å²) in [6, 6.07) is 9.25. The van der Waals surface area contributed by atoms with Crippen LogP contribution in [0.5, 0.6) is 0 Å². The molecular formula is C11H8BrN5. The van der Waals surface area contributed by atoms with Crippen molar-refractivity contribution in [2.75, 3.05) is 11.1 Å². The quantitative estimate of drug-likeness (QED) is 0.887. The number of anilines is 3. The summed E-state index contributed by atoms with van der Waals surface area (Å²) < 4.78 is 0.577. The van der Waals surface area contributed by atoms with Crippen LogP contribution in [-0.4, -0.2) is 9.97 Å². The third-order valence-corrected chi connectivity index (χ3v) is 2.90. The molecule has 0 aliphatic heterocycles. The molecule has 3 N–H and O–H groups in total. The zero-order valence-corrected chi connectivity index (χ0v) is 10.3. The Morgan fingerprint density at radius 1 is 1.29 bits per heavy atom. The van der Waals surface area contributed by atoms with Gasteiger partial charge in [-0.2, -0.15) is 5.26 Å². The first kappa shape index (κ1) is 11.4. The summed E-state index contributed by atoms with van der Waals surface area (Å²) in [5, 5.41) is 12.0. The maximum Gasteiger partial charge on any atom is 0.150 e. The molecule has 2 rings (SSSR count). The molecule has 1 aromatic heterocycles. The van der Waals surface area contributed by atoms with Gasteiger partial charge in [0.2, 0.25) is 0 Å². The van der Waals surface area contributed by atoms with Crippen molar-refractivity contribution < 1.29 is 0 Å². The smallest absolute Gasteiger partial charge is 0.150 e. The normalized spacial score (nSPS) is 9.65. The lowest BCUT2D eigenvalue weighted by atomic mass is 10.2. The van der Waals surface area contributed by atoms with Crippen molar-refractivity contribution in [1.29, 1.82) is 5.26 Å². The largest absolute Gasteiger partial charge is 0.383 e. The van der Waals surface area contributed by atoms with Crippen LogP contribution in [0.4, 0.5) is 17.3 Å². The molecule has 2 aromatic rings. The van der Waals surface area contributed by atoms with E-state index in [0.29, 0.717) is 27.4 Å². The highest BCUT2D eigenvalue weighted by Gasteiger charge is 2.08. The van der Waals surface area contributed by atoms with E-state index < -0.39 is 0 Å². The van der Waals surface area contributed by atoms with Crippen LogP contribution in [-0.2, 0) is 0 Å². The first-order valence-corrected chi connectivity index (χ1v) is 5.54. The lowest BCUT2D eigenvalue weighted by molar-refractivity contribution is 1.16. The van der Waals surface area contributed by atoms with E-state index in [1.807, 2.05) is 6.07 Å². The molecule has 17 heavy (non-hydrogen) atoms. The number of nitrogens with two attached hydrogens (primary N) is 1. The van der Waals surface area contributed by atoms with Gasteiger partial charge < -0.3 is 11.1 Å². The number of hydrogen-bond acceptors (Lipinski definition) is 5. The Morgan fingerprint density at radius 2 is 2.06 bits per heavy atom. The third kappa shape index (κ3) is 2.34. The van der Waals surface area contributed by atoms with Gasteiger partial charge >= 0.3 is 0 Å². The van der Waals surface area contributed by atoms with Gasteiger partial charge in [-0.05, 0) is 28.1 Å². The van der Waals surface area contributed by atoms with Gasteiger partial charge in [-0.1, -0.05) is 12.1 Å². The maximum absolute atomic E-state index is 8.96. The number of para-hydroxylation sites is 1. The third-order valence-electron chi connectivity index (χ3n) is 2.12. The van der Waals surface area contributed by atoms with Crippen molar-refractivity contribution in [3.8, 4) is 6.07 Å². The van der Waals surface area contributed by atoms with Crippen molar-refractivity contribution in [1.82, 2.24) is 9.97 Å². The van der Waals surface area contributed by atoms with Crippen LogP contribution in [0, 0.1) is 11.3 Å². The van der Waals surface area contributed by atoms with Gasteiger partial charge in [0, 0.05) is 0 Å². The number of nitrogens with one attached hydrogen (secondary N) is 1. The highest BCUT2D eigenvalue weighted by Crippen LogP contribution is 2.28. The number of aromatic nitrogens is 2. The minimum absolute atomic E-state index is 0.344. The van der Waals surface area contributed by atoms with Crippen molar-refractivity contribution >= 4 is 33.3 Å². The predicted octanol–water partition coefficient (Wildman–Crippen LogP) is 2.44. The Kier molecular flexibility index (Phi) is 3.21. The summed E-state index contributed by atoms with van der Waals surface area (Å²) in [6.45, 7) is 0. The Bertz CT molecular complexity index is 591. The summed E-state index contributed by atoms with van der Waals surface area (Å²) in [4.78, 5) is 7.89. The first-order valence-electron chi connectivity index (χ1n) is 4.74. The van der Waals surface area contributed by atoms with Gasteiger partial charge in [-0.25, -0.2) is 9.97 Å². The fraction of sp³-hybridized carbons (Fsp3) is 0. The highest BCUT2D eigenvalue weighted by atomic mass is 79.9. The average Bonchev–Trinajstić information content (AvgIpc) is 2.35. The molecule has 5 nitrogen and oxygen atoms in total. The molecule has 0 spiro atoms. The zero-order valence-electron chi connectivity index (χ0n) is 8.68. The molecule has 0 fully saturated rings. The van der Waals surface area contributed by atoms with Crippen LogP contribution >= 0.6 is 15.9 Å². The summed E-state index contributed by atoms with van der Waals surface area (Å²) in [6.07, 6.45) is 1.36. The topological polar surface area (TPSA) is 87.6 Å². The van der Waals surface area contributed by atoms with Gasteiger partial charge in [0.25, 0.3) is 0 Å². The molecule has 0 bridgehead atoms. The Labute approximate surface area is 106 Å². The van der Waals surface area contributed by atoms with E-state index in [9.17, 15) is 0 Å². The van der Waals surface area contributed by atoms with Crippen molar-refractivity contribution in [3.63, 3.8) is 0 Å². The van der Waals surface area contributed by atoms with Crippen LogP contribution < -0.4 is 11.1 Å². The molecule has 6 heteroatoms. The molecule has 0 radical (unpaired) electrons. The van der Waals surface area contributed by atoms with Gasteiger partial charge in [-0.3, -0.25) is 0 Å². The number of halogens is 1. The lowest BCUT2D eigenvalue weighted by Gasteiger charge is -2.09. The van der Waals surface area contributed by atoms with Crippen LogP contribution in [0.15, 0.2) is 35.1 Å². The van der Waals surface area contributed by atoms with Gasteiger partial charge in [0.05, 0.1) is 11.3 Å². The van der Waals surface area contributed by atoms with Crippen molar-refractivity contribution in [2.24, 2.45) is 0 Å². The Hall–Kier alpha value is -2.13. The van der Waals surface area contributed by atoms with E-state index in [-0.39, 0.29) is 0 Å². The summed E-state index contributed by atoms with van der Waals surface area (Å²) in [5.74, 6) is 0.872. The van der Waals surface area contributed by atoms with Gasteiger partial charge in [0.1, 0.15) is 28.5 Å². The molecule has 0 saturated heterocycles. The second-order valence-corrected chi connectivity index (χ2v) is 4.00. The molecule has 0 amide bonds. The number of hydrogen-bond donors (Lipinski definition) is 2. The van der Waals surface area contributed by atoms with E-state index in [1.54, 1.807) is 18.2 Å². The zero-order chi connectivity index (χ0) is 12.3. The van der Waals surface area contributed by atoms with E-state index in [0.717, 1.165) is 0 Å². The number of nitrogens with zero attached hydrogens (tertiary/aromatic N) is 3. The maximum atomic E-state index is 8.96. The first-order chi connectivity index (χ1) is 8.22. The minimum Gasteiger partial charge on any atom is -0.383 e. The number of nitriles is 1. The summed E-state index contributed by atoms with van der Waals surface area (Å²) >= 11 is 3.29. The minimum atomic E-state index is 0.344. The van der Waals surface area contributed by atoms with E-state index in [1.165, 1.54) is 6.33 Å². The van der Waals surface area contributed by atoms with Crippen molar-refractivity contribution in [3.05, 3.63) is 40.6 Å². The fourth-order valence-corrected chi connectivity index (χ4v) is 1.59. The van der Waals surface area contributed by atoms with Crippen LogP contribution in [0.1, 0.15) is 5.56 Å². The van der Waals surface area contributed by atoms with Gasteiger partial charge in [-0.15, -0.1) is 0 Å². The van der Waals surface area contributed by atoms with E-state index >= 15 is 0 Å². The number of nitrogen functional groups attached to an aromatic ring is 1. The summed E-state index contributed by atoms with van der Waals surface area (Å²) in [5.41, 5.74) is 6.86. The molecular weight excluding hydrogens is 282 g/mol. The van der Waals surface area contributed by atoms with E-state index in [2.05, 4.69) is 37.3 Å². The Balaban J connectivity index is 2.39. The molecule has 0 unspecified atom stereocenters. The standard InChI is InChI=1S/C11H8BrN5/c12-9-10(14)15-6-16-11(9)17-8-4-2-1-3-7(8)5-13/h1-4,6H,(H3,14,15,16,17). The molecule has 1 aromatic carbocycles. The molecule has 0 aliphatic rings. The molecule has 0 atom stereocenters. The van der Waals surface area contributed by atoms with Gasteiger partial charge in [0.15, 0.2) is 0 Å². The molecule has 1 heterocycles. The summed E-state index contributed by atoms with van der Waals surface area (Å²) in [7, 11) is 0. The molecule has 0 aliphatic carbocycles. The molecule has 84 valence electrons. The second-order valence-electron chi connectivity index (χ2n) is 3.20. The number of rotatable bonds is 2. The van der Waals surface area contributed by atoms with Crippen LogP contribution in [0.25, 0.3) is 0 Å². The lowest BCUT2D eigenvalue weighted by Crippen LogP contribution is -2.00. The fourth-order valence-electron chi connectivity index (χ4n) is 1.29. The average molecular weight is 290 g/mol.